The lowest BCUT2D eigenvalue weighted by Crippen LogP contribution is -2.54. The van der Waals surface area contributed by atoms with Crippen LogP contribution in [0.4, 0.5) is 0 Å². The van der Waals surface area contributed by atoms with Crippen molar-refractivity contribution < 1.29 is 14.3 Å². The minimum Gasteiger partial charge on any atom is -0.483 e. The van der Waals surface area contributed by atoms with E-state index < -0.39 is 0 Å². The Morgan fingerprint density at radius 2 is 2.06 bits per heavy atom. The number of morpholine rings is 1. The van der Waals surface area contributed by atoms with Crippen molar-refractivity contribution >= 4 is 29.5 Å². The second-order valence-corrected chi connectivity index (χ2v) is 9.98. The Bertz CT molecular complexity index is 857. The number of fused-ring (bicyclic) bond motifs is 1. The molecule has 7 heteroatoms. The van der Waals surface area contributed by atoms with E-state index >= 15 is 0 Å². The van der Waals surface area contributed by atoms with Gasteiger partial charge in [-0.2, -0.15) is 0 Å². The Labute approximate surface area is 202 Å². The Morgan fingerprint density at radius 3 is 2.85 bits per heavy atom. The molecule has 0 radical (unpaired) electrons. The van der Waals surface area contributed by atoms with Crippen molar-refractivity contribution in [1.82, 2.24) is 15.5 Å². The molecule has 0 aromatic heterocycles. The smallest absolute Gasteiger partial charge is 0.286 e. The maximum absolute atomic E-state index is 12.8. The summed E-state index contributed by atoms with van der Waals surface area (Å²) in [6.07, 6.45) is 9.95. The van der Waals surface area contributed by atoms with Crippen molar-refractivity contribution in [2.24, 2.45) is 5.92 Å². The molecule has 2 saturated heterocycles. The van der Waals surface area contributed by atoms with Crippen LogP contribution in [-0.2, 0) is 14.3 Å². The lowest BCUT2D eigenvalue weighted by molar-refractivity contribution is -0.134. The number of amides is 2. The summed E-state index contributed by atoms with van der Waals surface area (Å²) in [6.45, 7) is 5.23. The molecule has 2 aliphatic heterocycles. The summed E-state index contributed by atoms with van der Waals surface area (Å²) in [4.78, 5) is 27.9. The Morgan fingerprint density at radius 1 is 1.24 bits per heavy atom. The molecule has 3 fully saturated rings. The second kappa shape index (κ2) is 11.4. The highest BCUT2D eigenvalue weighted by Crippen LogP contribution is 2.31. The summed E-state index contributed by atoms with van der Waals surface area (Å²) in [7, 11) is 0. The lowest BCUT2D eigenvalue weighted by atomic mass is 9.82. The topological polar surface area (TPSA) is 70.7 Å². The molecular formula is C26H36ClN3O3. The minimum atomic E-state index is -0.223. The molecule has 2 heterocycles. The van der Waals surface area contributed by atoms with E-state index in [-0.39, 0.29) is 29.9 Å². The van der Waals surface area contributed by atoms with Crippen LogP contribution in [-0.4, -0.2) is 54.5 Å². The summed E-state index contributed by atoms with van der Waals surface area (Å²) < 4.78 is 6.03. The van der Waals surface area contributed by atoms with E-state index in [4.69, 9.17) is 16.3 Å². The summed E-state index contributed by atoms with van der Waals surface area (Å²) in [6, 6.07) is 7.87. The Kier molecular flexibility index (Phi) is 8.31. The van der Waals surface area contributed by atoms with Crippen molar-refractivity contribution in [2.45, 2.75) is 76.5 Å². The summed E-state index contributed by atoms with van der Waals surface area (Å²) in [5, 5.41) is 6.85. The molecular weight excluding hydrogens is 438 g/mol. The molecule has 2 amide bonds. The molecule has 4 atom stereocenters. The Balaban J connectivity index is 1.22. The summed E-state index contributed by atoms with van der Waals surface area (Å²) in [5.41, 5.74) is 0.867. The molecule has 3 aliphatic rings. The van der Waals surface area contributed by atoms with Crippen LogP contribution in [0.3, 0.4) is 0 Å². The van der Waals surface area contributed by atoms with Gasteiger partial charge in [0.25, 0.3) is 5.91 Å². The average Bonchev–Trinajstić information content (AvgIpc) is 2.83. The van der Waals surface area contributed by atoms with Crippen molar-refractivity contribution in [3.63, 3.8) is 0 Å². The van der Waals surface area contributed by atoms with Crippen LogP contribution in [0.2, 0.25) is 5.02 Å². The first-order chi connectivity index (χ1) is 16.0. The van der Waals surface area contributed by atoms with Crippen LogP contribution in [0.15, 0.2) is 30.0 Å². The number of nitrogens with one attached hydrogen (secondary N) is 2. The maximum atomic E-state index is 12.8. The first-order valence-corrected chi connectivity index (χ1v) is 12.9. The van der Waals surface area contributed by atoms with Gasteiger partial charge in [0.2, 0.25) is 5.91 Å². The second-order valence-electron chi connectivity index (χ2n) is 9.54. The van der Waals surface area contributed by atoms with E-state index in [1.54, 1.807) is 18.2 Å². The fraction of sp³-hybridized carbons (Fsp3) is 0.615. The summed E-state index contributed by atoms with van der Waals surface area (Å²) in [5.74, 6) is 0.134. The van der Waals surface area contributed by atoms with E-state index in [2.05, 4.69) is 22.5 Å². The molecule has 1 aromatic rings. The predicted molar refractivity (Wildman–Crippen MR) is 131 cm³/mol. The summed E-state index contributed by atoms with van der Waals surface area (Å²) >= 11 is 5.93. The third-order valence-electron chi connectivity index (χ3n) is 7.29. The average molecular weight is 474 g/mol. The highest BCUT2D eigenvalue weighted by Gasteiger charge is 2.40. The first-order valence-electron chi connectivity index (χ1n) is 12.5. The molecule has 33 heavy (non-hydrogen) atoms. The quantitative estimate of drug-likeness (QED) is 0.461. The normalized spacial score (nSPS) is 29.2. The number of benzene rings is 1. The van der Waals surface area contributed by atoms with Gasteiger partial charge in [0, 0.05) is 30.1 Å². The number of piperidine rings is 1. The van der Waals surface area contributed by atoms with E-state index in [0.717, 1.165) is 31.4 Å². The number of likely N-dealkylation sites (tertiary alicyclic amines) is 1. The van der Waals surface area contributed by atoms with Gasteiger partial charge in [0.15, 0.2) is 5.76 Å². The number of carbonyl (C=O) groups excluding carboxylic acids is 2. The fourth-order valence-corrected chi connectivity index (χ4v) is 5.52. The number of rotatable bonds is 7. The zero-order chi connectivity index (χ0) is 23.2. The van der Waals surface area contributed by atoms with Gasteiger partial charge >= 0.3 is 0 Å². The van der Waals surface area contributed by atoms with E-state index in [1.165, 1.54) is 32.2 Å². The molecule has 180 valence electrons. The number of carbonyl (C=O) groups is 2. The zero-order valence-electron chi connectivity index (χ0n) is 19.5. The third kappa shape index (κ3) is 6.30. The van der Waals surface area contributed by atoms with Gasteiger partial charge in [-0.3, -0.25) is 9.59 Å². The van der Waals surface area contributed by atoms with Crippen LogP contribution >= 0.6 is 11.6 Å². The van der Waals surface area contributed by atoms with E-state index in [1.807, 2.05) is 12.1 Å². The monoisotopic (exact) mass is 473 g/mol. The van der Waals surface area contributed by atoms with Gasteiger partial charge < -0.3 is 20.3 Å². The standard InChI is InChI=1S/C26H36ClN3O3/c1-2-21-6-3-4-14-30(21)15-5-13-28-25(31)19-9-12-23-22(17-19)29-26(32)24(33-23)16-18-7-10-20(27)11-8-18/h7-8,10-11,16,19,21-23H,2-6,9,12-15,17H2,1H3,(H,28,31)(H,29,32)/b24-16-. The highest BCUT2D eigenvalue weighted by molar-refractivity contribution is 6.30. The molecule has 6 nitrogen and oxygen atoms in total. The Hall–Kier alpha value is -2.05. The molecule has 0 spiro atoms. The lowest BCUT2D eigenvalue weighted by Gasteiger charge is -2.39. The van der Waals surface area contributed by atoms with Crippen LogP contribution in [0.25, 0.3) is 6.08 Å². The molecule has 1 saturated carbocycles. The molecule has 1 aliphatic carbocycles. The molecule has 4 unspecified atom stereocenters. The van der Waals surface area contributed by atoms with Gasteiger partial charge in [0.05, 0.1) is 6.04 Å². The number of hydrogen-bond acceptors (Lipinski definition) is 4. The molecule has 0 bridgehead atoms. The SMILES string of the molecule is CCC1CCCCN1CCCNC(=O)C1CCC2O/C(=C\c3ccc(Cl)cc3)C(=O)NC2C1. The number of nitrogens with zero attached hydrogens (tertiary/aromatic N) is 1. The zero-order valence-corrected chi connectivity index (χ0v) is 20.3. The van der Waals surface area contributed by atoms with Crippen molar-refractivity contribution in [3.8, 4) is 0 Å². The number of halogens is 1. The molecule has 4 rings (SSSR count). The largest absolute Gasteiger partial charge is 0.483 e. The van der Waals surface area contributed by atoms with Gasteiger partial charge in [-0.05, 0) is 75.3 Å². The third-order valence-corrected chi connectivity index (χ3v) is 7.54. The van der Waals surface area contributed by atoms with Crippen LogP contribution < -0.4 is 10.6 Å². The first kappa shape index (κ1) is 24.1. The fourth-order valence-electron chi connectivity index (χ4n) is 5.39. The maximum Gasteiger partial charge on any atom is 0.286 e. The molecule has 2 N–H and O–H groups in total. The van der Waals surface area contributed by atoms with Gasteiger partial charge in [0.1, 0.15) is 6.10 Å². The number of ether oxygens (including phenoxy) is 1. The van der Waals surface area contributed by atoms with Gasteiger partial charge in [-0.25, -0.2) is 0 Å². The van der Waals surface area contributed by atoms with Crippen molar-refractivity contribution in [1.29, 1.82) is 0 Å². The van der Waals surface area contributed by atoms with Crippen LogP contribution in [0.1, 0.15) is 63.9 Å². The van der Waals surface area contributed by atoms with E-state index in [0.29, 0.717) is 29.8 Å². The van der Waals surface area contributed by atoms with Gasteiger partial charge in [-0.1, -0.05) is 37.1 Å². The van der Waals surface area contributed by atoms with Gasteiger partial charge in [-0.15, -0.1) is 0 Å². The predicted octanol–water partition coefficient (Wildman–Crippen LogP) is 4.14. The van der Waals surface area contributed by atoms with Crippen LogP contribution in [0, 0.1) is 5.92 Å². The van der Waals surface area contributed by atoms with E-state index in [9.17, 15) is 9.59 Å². The highest BCUT2D eigenvalue weighted by atomic mass is 35.5. The molecule has 1 aromatic carbocycles. The van der Waals surface area contributed by atoms with Crippen molar-refractivity contribution in [2.75, 3.05) is 19.6 Å². The van der Waals surface area contributed by atoms with Crippen LogP contribution in [0.5, 0.6) is 0 Å². The van der Waals surface area contributed by atoms with Crippen molar-refractivity contribution in [3.05, 3.63) is 40.6 Å². The number of hydrogen-bond donors (Lipinski definition) is 2. The minimum absolute atomic E-state index is 0.0738.